The van der Waals surface area contributed by atoms with Crippen LogP contribution in [-0.4, -0.2) is 23.1 Å². The predicted molar refractivity (Wildman–Crippen MR) is 108 cm³/mol. The zero-order valence-corrected chi connectivity index (χ0v) is 15.4. The van der Waals surface area contributed by atoms with Gasteiger partial charge in [-0.05, 0) is 43.0 Å². The van der Waals surface area contributed by atoms with E-state index < -0.39 is 0 Å². The molecular formula is C22H23FN4. The minimum atomic E-state index is -0.254. The Kier molecular flexibility index (Phi) is 5.01. The number of rotatable bonds is 4. The average Bonchev–Trinajstić information content (AvgIpc) is 2.70. The van der Waals surface area contributed by atoms with Crippen molar-refractivity contribution in [1.82, 2.24) is 9.97 Å². The molecule has 2 heterocycles. The first-order chi connectivity index (χ1) is 13.2. The maximum absolute atomic E-state index is 13.2. The van der Waals surface area contributed by atoms with Gasteiger partial charge in [0.15, 0.2) is 0 Å². The van der Waals surface area contributed by atoms with E-state index in [1.165, 1.54) is 18.6 Å². The lowest BCUT2D eigenvalue weighted by atomic mass is 10.0. The molecule has 0 radical (unpaired) electrons. The van der Waals surface area contributed by atoms with Gasteiger partial charge in [0.2, 0.25) is 5.95 Å². The molecule has 4 nitrogen and oxygen atoms in total. The van der Waals surface area contributed by atoms with Crippen LogP contribution >= 0.6 is 0 Å². The fraction of sp³-hybridized carbons (Fsp3) is 0.273. The molecule has 1 aliphatic heterocycles. The summed E-state index contributed by atoms with van der Waals surface area (Å²) >= 11 is 0. The summed E-state index contributed by atoms with van der Waals surface area (Å²) in [4.78, 5) is 11.8. The van der Waals surface area contributed by atoms with E-state index in [1.54, 1.807) is 12.1 Å². The van der Waals surface area contributed by atoms with Gasteiger partial charge in [0.05, 0.1) is 5.69 Å². The third kappa shape index (κ3) is 4.25. The Balaban J connectivity index is 1.70. The first kappa shape index (κ1) is 17.5. The molecule has 3 aromatic rings. The van der Waals surface area contributed by atoms with Gasteiger partial charge in [-0.1, -0.05) is 37.3 Å². The molecular weight excluding hydrogens is 339 g/mol. The predicted octanol–water partition coefficient (Wildman–Crippen LogP) is 5.26. The quantitative estimate of drug-likeness (QED) is 0.687. The summed E-state index contributed by atoms with van der Waals surface area (Å²) in [6, 6.07) is 18.3. The second-order valence-corrected chi connectivity index (χ2v) is 7.13. The van der Waals surface area contributed by atoms with Crippen molar-refractivity contribution in [1.29, 1.82) is 0 Å². The third-order valence-electron chi connectivity index (χ3n) is 4.84. The maximum Gasteiger partial charge on any atom is 0.227 e. The van der Waals surface area contributed by atoms with Crippen LogP contribution in [0, 0.1) is 11.7 Å². The van der Waals surface area contributed by atoms with Crippen molar-refractivity contribution < 1.29 is 4.39 Å². The summed E-state index contributed by atoms with van der Waals surface area (Å²) in [6.07, 6.45) is 2.40. The highest BCUT2D eigenvalue weighted by Crippen LogP contribution is 2.27. The van der Waals surface area contributed by atoms with Crippen molar-refractivity contribution in [3.05, 3.63) is 66.5 Å². The second-order valence-electron chi connectivity index (χ2n) is 7.13. The van der Waals surface area contributed by atoms with Crippen LogP contribution in [0.1, 0.15) is 19.8 Å². The molecule has 0 aliphatic carbocycles. The Morgan fingerprint density at radius 1 is 1.04 bits per heavy atom. The zero-order chi connectivity index (χ0) is 18.6. The van der Waals surface area contributed by atoms with Crippen LogP contribution in [0.4, 0.5) is 21.8 Å². The van der Waals surface area contributed by atoms with Gasteiger partial charge < -0.3 is 10.2 Å². The van der Waals surface area contributed by atoms with Crippen molar-refractivity contribution in [2.45, 2.75) is 19.8 Å². The summed E-state index contributed by atoms with van der Waals surface area (Å²) in [6.45, 7) is 4.21. The third-order valence-corrected chi connectivity index (χ3v) is 4.84. The minimum absolute atomic E-state index is 0.254. The normalized spacial score (nSPS) is 17.0. The van der Waals surface area contributed by atoms with E-state index in [-0.39, 0.29) is 5.82 Å². The number of halogens is 1. The topological polar surface area (TPSA) is 41.1 Å². The number of nitrogens with zero attached hydrogens (tertiary/aromatic N) is 3. The van der Waals surface area contributed by atoms with Crippen LogP contribution in [-0.2, 0) is 0 Å². The van der Waals surface area contributed by atoms with E-state index in [2.05, 4.69) is 17.1 Å². The highest BCUT2D eigenvalue weighted by atomic mass is 19.1. The number of anilines is 3. The van der Waals surface area contributed by atoms with Crippen LogP contribution in [0.5, 0.6) is 0 Å². The van der Waals surface area contributed by atoms with Gasteiger partial charge in [0.25, 0.3) is 0 Å². The van der Waals surface area contributed by atoms with Gasteiger partial charge in [-0.15, -0.1) is 0 Å². The standard InChI is InChI=1S/C22H23FN4/c1-16-6-5-13-27(15-16)22-25-20(17-7-3-2-4-8-17)14-21(26-22)24-19-11-9-18(23)10-12-19/h2-4,7-12,14,16H,5-6,13,15H2,1H3,(H,24,25,26). The van der Waals surface area contributed by atoms with E-state index >= 15 is 0 Å². The molecule has 2 aromatic carbocycles. The highest BCUT2D eigenvalue weighted by molar-refractivity contribution is 5.67. The summed E-state index contributed by atoms with van der Waals surface area (Å²) < 4.78 is 13.2. The Morgan fingerprint density at radius 3 is 2.56 bits per heavy atom. The molecule has 0 spiro atoms. The minimum Gasteiger partial charge on any atom is -0.340 e. The largest absolute Gasteiger partial charge is 0.340 e. The van der Waals surface area contributed by atoms with E-state index in [4.69, 9.17) is 9.97 Å². The molecule has 1 atom stereocenters. The van der Waals surface area contributed by atoms with Gasteiger partial charge >= 0.3 is 0 Å². The lowest BCUT2D eigenvalue weighted by molar-refractivity contribution is 0.442. The first-order valence-corrected chi connectivity index (χ1v) is 9.39. The van der Waals surface area contributed by atoms with Crippen molar-refractivity contribution in [2.24, 2.45) is 5.92 Å². The molecule has 1 saturated heterocycles. The SMILES string of the molecule is CC1CCCN(c2nc(Nc3ccc(F)cc3)cc(-c3ccccc3)n2)C1. The zero-order valence-electron chi connectivity index (χ0n) is 15.4. The lowest BCUT2D eigenvalue weighted by Gasteiger charge is -2.31. The van der Waals surface area contributed by atoms with Crippen molar-refractivity contribution in [3.63, 3.8) is 0 Å². The monoisotopic (exact) mass is 362 g/mol. The van der Waals surface area contributed by atoms with Crippen LogP contribution in [0.2, 0.25) is 0 Å². The van der Waals surface area contributed by atoms with Gasteiger partial charge in [-0.25, -0.2) is 9.37 Å². The van der Waals surface area contributed by atoms with Crippen molar-refractivity contribution in [3.8, 4) is 11.3 Å². The van der Waals surface area contributed by atoms with Crippen molar-refractivity contribution >= 4 is 17.5 Å². The number of piperidine rings is 1. The molecule has 0 bridgehead atoms. The number of nitrogens with one attached hydrogen (secondary N) is 1. The number of aromatic nitrogens is 2. The van der Waals surface area contributed by atoms with Gasteiger partial charge in [0.1, 0.15) is 11.6 Å². The smallest absolute Gasteiger partial charge is 0.227 e. The van der Waals surface area contributed by atoms with Gasteiger partial charge in [-0.2, -0.15) is 4.98 Å². The number of benzene rings is 2. The van der Waals surface area contributed by atoms with E-state index in [1.807, 2.05) is 36.4 Å². The molecule has 0 saturated carbocycles. The molecule has 4 rings (SSSR count). The molecule has 1 N–H and O–H groups in total. The molecule has 1 aromatic heterocycles. The molecule has 1 fully saturated rings. The maximum atomic E-state index is 13.2. The summed E-state index contributed by atoms with van der Waals surface area (Å²) in [5.41, 5.74) is 2.73. The Morgan fingerprint density at radius 2 is 1.81 bits per heavy atom. The molecule has 1 unspecified atom stereocenters. The number of hydrogen-bond acceptors (Lipinski definition) is 4. The lowest BCUT2D eigenvalue weighted by Crippen LogP contribution is -2.35. The van der Waals surface area contributed by atoms with Gasteiger partial charge in [-0.3, -0.25) is 0 Å². The molecule has 1 aliphatic rings. The Bertz CT molecular complexity index is 896. The van der Waals surface area contributed by atoms with E-state index in [9.17, 15) is 4.39 Å². The van der Waals surface area contributed by atoms with Crippen molar-refractivity contribution in [2.75, 3.05) is 23.3 Å². The highest BCUT2D eigenvalue weighted by Gasteiger charge is 2.20. The van der Waals surface area contributed by atoms with Crippen LogP contribution in [0.15, 0.2) is 60.7 Å². The Labute approximate surface area is 159 Å². The van der Waals surface area contributed by atoms with Crippen LogP contribution in [0.3, 0.4) is 0 Å². The fourth-order valence-electron chi connectivity index (χ4n) is 3.45. The fourth-order valence-corrected chi connectivity index (χ4v) is 3.45. The molecule has 5 heteroatoms. The molecule has 27 heavy (non-hydrogen) atoms. The van der Waals surface area contributed by atoms with Gasteiger partial charge in [0, 0.05) is 30.4 Å². The Hall–Kier alpha value is -2.95. The average molecular weight is 362 g/mol. The molecule has 0 amide bonds. The van der Waals surface area contributed by atoms with E-state index in [0.717, 1.165) is 42.4 Å². The van der Waals surface area contributed by atoms with Crippen LogP contribution < -0.4 is 10.2 Å². The number of hydrogen-bond donors (Lipinski definition) is 1. The molecule has 138 valence electrons. The van der Waals surface area contributed by atoms with E-state index in [0.29, 0.717) is 11.7 Å². The first-order valence-electron chi connectivity index (χ1n) is 9.39. The summed E-state index contributed by atoms with van der Waals surface area (Å²) in [5.74, 6) is 1.84. The summed E-state index contributed by atoms with van der Waals surface area (Å²) in [5, 5.41) is 3.29. The van der Waals surface area contributed by atoms with Crippen LogP contribution in [0.25, 0.3) is 11.3 Å². The summed E-state index contributed by atoms with van der Waals surface area (Å²) in [7, 11) is 0. The second kappa shape index (κ2) is 7.74.